The second-order valence-corrected chi connectivity index (χ2v) is 8.39. The van der Waals surface area contributed by atoms with E-state index in [2.05, 4.69) is 4.72 Å². The maximum atomic E-state index is 12.7. The molecular formula is C23H21NO6S. The summed E-state index contributed by atoms with van der Waals surface area (Å²) in [4.78, 5) is 22.8. The SMILES string of the molecule is CC(=O)COC(=O)c1cccc(S(=O)(=O)Nc2ccc(OCc3ccccc3)cc2)c1. The van der Waals surface area contributed by atoms with E-state index in [4.69, 9.17) is 9.47 Å². The number of ketones is 1. The van der Waals surface area contributed by atoms with E-state index in [-0.39, 0.29) is 22.8 Å². The number of sulfonamides is 1. The topological polar surface area (TPSA) is 98.8 Å². The molecule has 0 saturated carbocycles. The predicted molar refractivity (Wildman–Crippen MR) is 115 cm³/mol. The minimum absolute atomic E-state index is 0.0359. The molecular weight excluding hydrogens is 418 g/mol. The van der Waals surface area contributed by atoms with E-state index in [9.17, 15) is 18.0 Å². The van der Waals surface area contributed by atoms with Crippen molar-refractivity contribution < 1.29 is 27.5 Å². The van der Waals surface area contributed by atoms with Crippen molar-refractivity contribution in [3.63, 3.8) is 0 Å². The molecule has 7 nitrogen and oxygen atoms in total. The van der Waals surface area contributed by atoms with Crippen LogP contribution in [0.15, 0.2) is 83.8 Å². The molecule has 3 aromatic rings. The second kappa shape index (κ2) is 9.90. The normalized spacial score (nSPS) is 10.9. The van der Waals surface area contributed by atoms with E-state index in [1.54, 1.807) is 24.3 Å². The number of benzene rings is 3. The van der Waals surface area contributed by atoms with Gasteiger partial charge in [0.15, 0.2) is 5.78 Å². The lowest BCUT2D eigenvalue weighted by atomic mass is 10.2. The van der Waals surface area contributed by atoms with Crippen molar-refractivity contribution in [1.82, 2.24) is 0 Å². The maximum absolute atomic E-state index is 12.7. The highest BCUT2D eigenvalue weighted by Crippen LogP contribution is 2.21. The molecule has 1 N–H and O–H groups in total. The Morgan fingerprint density at radius 2 is 1.61 bits per heavy atom. The zero-order chi connectivity index (χ0) is 22.3. The molecule has 0 saturated heterocycles. The number of carbonyl (C=O) groups excluding carboxylic acids is 2. The molecule has 0 amide bonds. The summed E-state index contributed by atoms with van der Waals surface area (Å²) in [7, 11) is -3.93. The van der Waals surface area contributed by atoms with Gasteiger partial charge in [0.05, 0.1) is 10.5 Å². The van der Waals surface area contributed by atoms with E-state index in [0.717, 1.165) is 5.56 Å². The van der Waals surface area contributed by atoms with Crippen molar-refractivity contribution in [2.24, 2.45) is 0 Å². The monoisotopic (exact) mass is 439 g/mol. The molecule has 0 aliphatic rings. The van der Waals surface area contributed by atoms with Gasteiger partial charge in [0.2, 0.25) is 0 Å². The van der Waals surface area contributed by atoms with Crippen LogP contribution in [0, 0.1) is 0 Å². The van der Waals surface area contributed by atoms with Crippen molar-refractivity contribution in [3.05, 3.63) is 90.0 Å². The Bertz CT molecular complexity index is 1160. The molecule has 0 heterocycles. The molecule has 0 aliphatic heterocycles. The van der Waals surface area contributed by atoms with E-state index in [0.29, 0.717) is 18.0 Å². The van der Waals surface area contributed by atoms with Gasteiger partial charge in [-0.2, -0.15) is 0 Å². The highest BCUT2D eigenvalue weighted by atomic mass is 32.2. The maximum Gasteiger partial charge on any atom is 0.338 e. The summed E-state index contributed by atoms with van der Waals surface area (Å²) >= 11 is 0. The van der Waals surface area contributed by atoms with E-state index in [1.807, 2.05) is 30.3 Å². The average Bonchev–Trinajstić information content (AvgIpc) is 2.77. The summed E-state index contributed by atoms with van der Waals surface area (Å²) in [6, 6.07) is 21.6. The molecule has 31 heavy (non-hydrogen) atoms. The van der Waals surface area contributed by atoms with Crippen LogP contribution in [-0.4, -0.2) is 26.8 Å². The van der Waals surface area contributed by atoms with Gasteiger partial charge in [-0.05, 0) is 55.0 Å². The van der Waals surface area contributed by atoms with Crippen LogP contribution in [0.5, 0.6) is 5.75 Å². The smallest absolute Gasteiger partial charge is 0.338 e. The molecule has 0 bridgehead atoms. The summed E-state index contributed by atoms with van der Waals surface area (Å²) < 4.78 is 38.4. The van der Waals surface area contributed by atoms with Crippen molar-refractivity contribution in [2.45, 2.75) is 18.4 Å². The van der Waals surface area contributed by atoms with Crippen LogP contribution < -0.4 is 9.46 Å². The molecule has 0 fully saturated rings. The fourth-order valence-electron chi connectivity index (χ4n) is 2.61. The first-order chi connectivity index (χ1) is 14.8. The zero-order valence-corrected chi connectivity index (χ0v) is 17.6. The van der Waals surface area contributed by atoms with Gasteiger partial charge < -0.3 is 9.47 Å². The van der Waals surface area contributed by atoms with Crippen LogP contribution in [0.4, 0.5) is 5.69 Å². The number of nitrogens with one attached hydrogen (secondary N) is 1. The quantitative estimate of drug-likeness (QED) is 0.509. The number of carbonyl (C=O) groups is 2. The minimum Gasteiger partial charge on any atom is -0.489 e. The summed E-state index contributed by atoms with van der Waals surface area (Å²) in [5.74, 6) is -0.482. The molecule has 0 atom stereocenters. The number of anilines is 1. The third kappa shape index (κ3) is 6.42. The predicted octanol–water partition coefficient (Wildman–Crippen LogP) is 3.81. The van der Waals surface area contributed by atoms with Crippen molar-refractivity contribution >= 4 is 27.5 Å². The number of hydrogen-bond acceptors (Lipinski definition) is 6. The summed E-state index contributed by atoms with van der Waals surface area (Å²) in [5, 5.41) is 0. The Morgan fingerprint density at radius 3 is 2.29 bits per heavy atom. The molecule has 0 aromatic heterocycles. The fraction of sp³-hybridized carbons (Fsp3) is 0.130. The summed E-state index contributed by atoms with van der Waals surface area (Å²) in [6.07, 6.45) is 0. The first-order valence-electron chi connectivity index (χ1n) is 9.40. The molecule has 3 rings (SSSR count). The third-order valence-corrected chi connectivity index (χ3v) is 5.52. The van der Waals surface area contributed by atoms with E-state index < -0.39 is 16.0 Å². The largest absolute Gasteiger partial charge is 0.489 e. The molecule has 8 heteroatoms. The van der Waals surface area contributed by atoms with Crippen molar-refractivity contribution in [3.8, 4) is 5.75 Å². The van der Waals surface area contributed by atoms with Gasteiger partial charge in [-0.3, -0.25) is 9.52 Å². The van der Waals surface area contributed by atoms with Gasteiger partial charge in [0.1, 0.15) is 19.0 Å². The summed E-state index contributed by atoms with van der Waals surface area (Å²) in [5.41, 5.74) is 1.40. The van der Waals surface area contributed by atoms with Gasteiger partial charge in [-0.1, -0.05) is 36.4 Å². The average molecular weight is 439 g/mol. The number of Topliss-reactive ketones (excluding diaryl/α,β-unsaturated/α-hetero) is 1. The van der Waals surface area contributed by atoms with Crippen LogP contribution in [-0.2, 0) is 26.2 Å². The first-order valence-corrected chi connectivity index (χ1v) is 10.9. The Labute approximate surface area is 180 Å². The van der Waals surface area contributed by atoms with Crippen LogP contribution in [0.1, 0.15) is 22.8 Å². The van der Waals surface area contributed by atoms with Crippen LogP contribution in [0.2, 0.25) is 0 Å². The van der Waals surface area contributed by atoms with Gasteiger partial charge in [-0.25, -0.2) is 13.2 Å². The van der Waals surface area contributed by atoms with E-state index >= 15 is 0 Å². The summed E-state index contributed by atoms with van der Waals surface area (Å²) in [6.45, 7) is 1.32. The van der Waals surface area contributed by atoms with Crippen LogP contribution >= 0.6 is 0 Å². The second-order valence-electron chi connectivity index (χ2n) is 6.71. The van der Waals surface area contributed by atoms with Crippen molar-refractivity contribution in [1.29, 1.82) is 0 Å². The Balaban J connectivity index is 1.65. The first kappa shape index (κ1) is 22.0. The van der Waals surface area contributed by atoms with Crippen molar-refractivity contribution in [2.75, 3.05) is 11.3 Å². The standard InChI is InChI=1S/C23H21NO6S/c1-17(25)15-30-23(26)19-8-5-9-22(14-19)31(27,28)24-20-10-12-21(13-11-20)29-16-18-6-3-2-4-7-18/h2-14,24H,15-16H2,1H3. The lowest BCUT2D eigenvalue weighted by molar-refractivity contribution is -0.120. The molecule has 3 aromatic carbocycles. The highest BCUT2D eigenvalue weighted by molar-refractivity contribution is 7.92. The molecule has 0 unspecified atom stereocenters. The molecule has 0 aliphatic carbocycles. The minimum atomic E-state index is -3.93. The number of ether oxygens (including phenoxy) is 2. The fourth-order valence-corrected chi connectivity index (χ4v) is 3.72. The Morgan fingerprint density at radius 1 is 0.903 bits per heavy atom. The molecule has 0 radical (unpaired) electrons. The van der Waals surface area contributed by atoms with Gasteiger partial charge >= 0.3 is 5.97 Å². The molecule has 160 valence electrons. The zero-order valence-electron chi connectivity index (χ0n) is 16.8. The molecule has 0 spiro atoms. The Kier molecular flexibility index (Phi) is 7.04. The van der Waals surface area contributed by atoms with Gasteiger partial charge in [0, 0.05) is 5.69 Å². The number of rotatable bonds is 9. The lowest BCUT2D eigenvalue weighted by Crippen LogP contribution is -2.15. The van der Waals surface area contributed by atoms with Gasteiger partial charge in [0.25, 0.3) is 10.0 Å². The lowest BCUT2D eigenvalue weighted by Gasteiger charge is -2.11. The number of esters is 1. The highest BCUT2D eigenvalue weighted by Gasteiger charge is 2.17. The van der Waals surface area contributed by atoms with Gasteiger partial charge in [-0.15, -0.1) is 0 Å². The van der Waals surface area contributed by atoms with Crippen LogP contribution in [0.25, 0.3) is 0 Å². The third-order valence-electron chi connectivity index (χ3n) is 4.14. The Hall–Kier alpha value is -3.65. The van der Waals surface area contributed by atoms with E-state index in [1.165, 1.54) is 31.2 Å². The van der Waals surface area contributed by atoms with Crippen LogP contribution in [0.3, 0.4) is 0 Å². The number of hydrogen-bond donors (Lipinski definition) is 1.